The lowest BCUT2D eigenvalue weighted by molar-refractivity contribution is 0.297. The molecular weight excluding hydrogens is 306 g/mol. The highest BCUT2D eigenvalue weighted by atomic mass is 35.5. The number of rotatable bonds is 7. The molecule has 1 atom stereocenters. The molecule has 23 heavy (non-hydrogen) atoms. The summed E-state index contributed by atoms with van der Waals surface area (Å²) in [6.07, 6.45) is 4.45. The van der Waals surface area contributed by atoms with Gasteiger partial charge in [0.2, 0.25) is 0 Å². The predicted octanol–water partition coefficient (Wildman–Crippen LogP) is 4.38. The van der Waals surface area contributed by atoms with Gasteiger partial charge in [-0.25, -0.2) is 0 Å². The van der Waals surface area contributed by atoms with Gasteiger partial charge in [-0.15, -0.1) is 12.4 Å². The van der Waals surface area contributed by atoms with Crippen molar-refractivity contribution < 1.29 is 4.74 Å². The van der Waals surface area contributed by atoms with Crippen LogP contribution in [0.3, 0.4) is 0 Å². The summed E-state index contributed by atoms with van der Waals surface area (Å²) in [6.45, 7) is 2.91. The molecule has 124 valence electrons. The van der Waals surface area contributed by atoms with Crippen molar-refractivity contribution in [3.63, 3.8) is 0 Å². The van der Waals surface area contributed by atoms with Crippen LogP contribution < -0.4 is 10.5 Å². The second-order valence-electron chi connectivity index (χ2n) is 6.54. The largest absolute Gasteiger partial charge is 0.493 e. The minimum atomic E-state index is 0. The van der Waals surface area contributed by atoms with Crippen molar-refractivity contribution in [2.24, 2.45) is 11.7 Å². The quantitative estimate of drug-likeness (QED) is 0.817. The van der Waals surface area contributed by atoms with Crippen molar-refractivity contribution in [3.05, 3.63) is 65.2 Å². The average molecular weight is 332 g/mol. The monoisotopic (exact) mass is 331 g/mol. The normalized spacial score (nSPS) is 14.9. The first-order chi connectivity index (χ1) is 10.7. The van der Waals surface area contributed by atoms with Crippen molar-refractivity contribution in [1.29, 1.82) is 0 Å². The third-order valence-corrected chi connectivity index (χ3v) is 4.09. The van der Waals surface area contributed by atoms with Crippen molar-refractivity contribution in [3.8, 4) is 5.75 Å². The smallest absolute Gasteiger partial charge is 0.122 e. The fraction of sp³-hybridized carbons (Fsp3) is 0.400. The van der Waals surface area contributed by atoms with Crippen molar-refractivity contribution in [2.45, 2.75) is 38.6 Å². The Morgan fingerprint density at radius 2 is 1.83 bits per heavy atom. The van der Waals surface area contributed by atoms with E-state index < -0.39 is 0 Å². The van der Waals surface area contributed by atoms with Gasteiger partial charge in [0.1, 0.15) is 5.75 Å². The Morgan fingerprint density at radius 1 is 1.09 bits per heavy atom. The van der Waals surface area contributed by atoms with Crippen molar-refractivity contribution >= 4 is 12.4 Å². The SMILES string of the molecule is CC(N)Cc1ccc(OCC2CC2)c(Cc2ccccc2)c1.Cl. The second kappa shape index (κ2) is 8.37. The molecule has 1 aliphatic rings. The Balaban J connectivity index is 0.00000192. The number of hydrogen-bond donors (Lipinski definition) is 1. The van der Waals surface area contributed by atoms with E-state index in [0.717, 1.165) is 31.1 Å². The molecule has 1 unspecified atom stereocenters. The minimum Gasteiger partial charge on any atom is -0.493 e. The zero-order valence-corrected chi connectivity index (χ0v) is 14.5. The van der Waals surface area contributed by atoms with Gasteiger partial charge in [0.15, 0.2) is 0 Å². The van der Waals surface area contributed by atoms with E-state index in [0.29, 0.717) is 0 Å². The van der Waals surface area contributed by atoms with Crippen LogP contribution in [0.4, 0.5) is 0 Å². The molecule has 2 aromatic carbocycles. The summed E-state index contributed by atoms with van der Waals surface area (Å²) in [5.41, 5.74) is 9.82. The molecule has 3 heteroatoms. The molecule has 0 radical (unpaired) electrons. The minimum absolute atomic E-state index is 0. The molecule has 1 aliphatic carbocycles. The Kier molecular flexibility index (Phi) is 6.49. The molecule has 1 saturated carbocycles. The number of hydrogen-bond acceptors (Lipinski definition) is 2. The molecule has 0 heterocycles. The summed E-state index contributed by atoms with van der Waals surface area (Å²) in [5.74, 6) is 1.80. The maximum absolute atomic E-state index is 6.06. The van der Waals surface area contributed by atoms with Crippen molar-refractivity contribution in [1.82, 2.24) is 0 Å². The number of nitrogens with two attached hydrogens (primary N) is 1. The van der Waals surface area contributed by atoms with Crippen LogP contribution in [0.5, 0.6) is 5.75 Å². The molecular formula is C20H26ClNO. The topological polar surface area (TPSA) is 35.2 Å². The molecule has 3 rings (SSSR count). The third kappa shape index (κ3) is 5.56. The van der Waals surface area contributed by atoms with Crippen LogP contribution >= 0.6 is 12.4 Å². The lowest BCUT2D eigenvalue weighted by atomic mass is 9.99. The lowest BCUT2D eigenvalue weighted by Crippen LogP contribution is -2.17. The van der Waals surface area contributed by atoms with E-state index >= 15 is 0 Å². The van der Waals surface area contributed by atoms with Crippen molar-refractivity contribution in [2.75, 3.05) is 6.61 Å². The van der Waals surface area contributed by atoms with Gasteiger partial charge in [-0.3, -0.25) is 0 Å². The molecule has 1 fully saturated rings. The van der Waals surface area contributed by atoms with Gasteiger partial charge in [0, 0.05) is 12.5 Å². The number of benzene rings is 2. The van der Waals surface area contributed by atoms with E-state index in [-0.39, 0.29) is 18.4 Å². The Bertz CT molecular complexity index is 608. The van der Waals surface area contributed by atoms with Crippen LogP contribution in [-0.2, 0) is 12.8 Å². The first-order valence-electron chi connectivity index (χ1n) is 8.25. The summed E-state index contributed by atoms with van der Waals surface area (Å²) >= 11 is 0. The van der Waals surface area contributed by atoms with Gasteiger partial charge in [0.25, 0.3) is 0 Å². The Hall–Kier alpha value is -1.51. The third-order valence-electron chi connectivity index (χ3n) is 4.09. The van der Waals surface area contributed by atoms with Gasteiger partial charge in [-0.1, -0.05) is 42.5 Å². The van der Waals surface area contributed by atoms with E-state index in [1.165, 1.54) is 29.5 Å². The van der Waals surface area contributed by atoms with Crippen LogP contribution in [0.2, 0.25) is 0 Å². The van der Waals surface area contributed by atoms with Gasteiger partial charge in [-0.05, 0) is 54.9 Å². The highest BCUT2D eigenvalue weighted by Crippen LogP contribution is 2.31. The van der Waals surface area contributed by atoms with Crippen LogP contribution in [0.15, 0.2) is 48.5 Å². The van der Waals surface area contributed by atoms with Gasteiger partial charge in [0.05, 0.1) is 6.61 Å². The molecule has 2 aromatic rings. The van der Waals surface area contributed by atoms with Gasteiger partial charge in [-0.2, -0.15) is 0 Å². The average Bonchev–Trinajstić information content (AvgIpc) is 3.31. The Labute approximate surface area is 145 Å². The van der Waals surface area contributed by atoms with Crippen LogP contribution in [0, 0.1) is 5.92 Å². The fourth-order valence-electron chi connectivity index (χ4n) is 2.72. The number of ether oxygens (including phenoxy) is 1. The second-order valence-corrected chi connectivity index (χ2v) is 6.54. The number of halogens is 1. The van der Waals surface area contributed by atoms with E-state index in [9.17, 15) is 0 Å². The van der Waals surface area contributed by atoms with Gasteiger partial charge >= 0.3 is 0 Å². The molecule has 0 saturated heterocycles. The summed E-state index contributed by atoms with van der Waals surface area (Å²) in [6, 6.07) is 17.3. The standard InChI is InChI=1S/C20H25NO.ClH/c1-15(21)11-18-9-10-20(22-14-17-7-8-17)19(13-18)12-16-5-3-2-4-6-16;/h2-6,9-10,13,15,17H,7-8,11-12,14,21H2,1H3;1H. The first-order valence-corrected chi connectivity index (χ1v) is 8.25. The fourth-order valence-corrected chi connectivity index (χ4v) is 2.72. The van der Waals surface area contributed by atoms with Crippen LogP contribution in [0.25, 0.3) is 0 Å². The highest BCUT2D eigenvalue weighted by Gasteiger charge is 2.22. The predicted molar refractivity (Wildman–Crippen MR) is 98.5 cm³/mol. The van der Waals surface area contributed by atoms with E-state index in [1.807, 2.05) is 6.92 Å². The molecule has 0 bridgehead atoms. The molecule has 2 N–H and O–H groups in total. The molecule has 0 amide bonds. The maximum Gasteiger partial charge on any atom is 0.122 e. The van der Waals surface area contributed by atoms with Crippen LogP contribution in [-0.4, -0.2) is 12.6 Å². The van der Waals surface area contributed by atoms with E-state index in [1.54, 1.807) is 0 Å². The zero-order valence-electron chi connectivity index (χ0n) is 13.7. The lowest BCUT2D eigenvalue weighted by Gasteiger charge is -2.14. The van der Waals surface area contributed by atoms with E-state index in [4.69, 9.17) is 10.5 Å². The molecule has 2 nitrogen and oxygen atoms in total. The highest BCUT2D eigenvalue weighted by molar-refractivity contribution is 5.85. The summed E-state index contributed by atoms with van der Waals surface area (Å²) in [4.78, 5) is 0. The summed E-state index contributed by atoms with van der Waals surface area (Å²) < 4.78 is 6.06. The summed E-state index contributed by atoms with van der Waals surface area (Å²) in [5, 5.41) is 0. The van der Waals surface area contributed by atoms with E-state index in [2.05, 4.69) is 48.5 Å². The van der Waals surface area contributed by atoms with Crippen LogP contribution in [0.1, 0.15) is 36.5 Å². The molecule has 0 spiro atoms. The molecule has 0 aromatic heterocycles. The van der Waals surface area contributed by atoms with Gasteiger partial charge < -0.3 is 10.5 Å². The molecule has 0 aliphatic heterocycles. The Morgan fingerprint density at radius 3 is 2.48 bits per heavy atom. The first kappa shape index (κ1) is 17.8. The summed E-state index contributed by atoms with van der Waals surface area (Å²) in [7, 11) is 0. The maximum atomic E-state index is 6.06. The zero-order chi connectivity index (χ0) is 15.4.